The molecule has 1 atom stereocenters. The molecule has 0 unspecified atom stereocenters. The molecule has 0 aliphatic carbocycles. The van der Waals surface area contributed by atoms with Gasteiger partial charge in [0.1, 0.15) is 0 Å². The zero-order chi connectivity index (χ0) is 18.0. The van der Waals surface area contributed by atoms with Crippen molar-refractivity contribution in [2.45, 2.75) is 38.6 Å². The molecular weight excluding hydrogens is 324 g/mol. The van der Waals surface area contributed by atoms with E-state index in [0.717, 1.165) is 0 Å². The van der Waals surface area contributed by atoms with Gasteiger partial charge in [0.25, 0.3) is 0 Å². The van der Waals surface area contributed by atoms with Crippen molar-refractivity contribution in [1.82, 2.24) is 10.2 Å². The number of amides is 1. The van der Waals surface area contributed by atoms with Gasteiger partial charge in [-0.05, 0) is 26.0 Å². The molecule has 0 spiro atoms. The zero-order valence-electron chi connectivity index (χ0n) is 15.0. The molecule has 1 saturated heterocycles. The highest BCUT2D eigenvalue weighted by Crippen LogP contribution is 2.23. The largest absolute Gasteiger partial charge is 0.354 e. The lowest BCUT2D eigenvalue weighted by atomic mass is 9.84. The second-order valence-corrected chi connectivity index (χ2v) is 9.73. The third kappa shape index (κ3) is 5.05. The maximum atomic E-state index is 12.2. The summed E-state index contributed by atoms with van der Waals surface area (Å²) >= 11 is 0. The van der Waals surface area contributed by atoms with Crippen molar-refractivity contribution in [3.05, 3.63) is 35.4 Å². The Hall–Kier alpha value is -1.40. The van der Waals surface area contributed by atoms with Crippen LogP contribution < -0.4 is 5.32 Å². The van der Waals surface area contributed by atoms with Crippen LogP contribution in [0.2, 0.25) is 0 Å². The third-order valence-corrected chi connectivity index (χ3v) is 6.50. The van der Waals surface area contributed by atoms with Crippen LogP contribution in [0.15, 0.2) is 24.3 Å². The predicted molar refractivity (Wildman–Crippen MR) is 96.9 cm³/mol. The first-order valence-electron chi connectivity index (χ1n) is 8.33. The standard InChI is InChI=1S/C18H28N2O3S/c1-14-6-5-7-15(10-14)18(2,3)13-19-17(21)11-20(4)16-8-9-24(22,23)12-16/h5-7,10,16H,8-9,11-13H2,1-4H3,(H,19,21)/t16-/m1/s1. The van der Waals surface area contributed by atoms with E-state index in [1.54, 1.807) is 0 Å². The van der Waals surface area contributed by atoms with E-state index in [4.69, 9.17) is 0 Å². The van der Waals surface area contributed by atoms with Gasteiger partial charge in [0, 0.05) is 18.0 Å². The molecule has 0 radical (unpaired) electrons. The number of nitrogens with zero attached hydrogens (tertiary/aromatic N) is 1. The number of hydrogen-bond acceptors (Lipinski definition) is 4. The molecule has 1 aromatic carbocycles. The van der Waals surface area contributed by atoms with Crippen molar-refractivity contribution in [1.29, 1.82) is 0 Å². The van der Waals surface area contributed by atoms with Gasteiger partial charge in [-0.3, -0.25) is 9.69 Å². The minimum absolute atomic E-state index is 0.0504. The highest BCUT2D eigenvalue weighted by molar-refractivity contribution is 7.91. The Labute approximate surface area is 145 Å². The second-order valence-electron chi connectivity index (χ2n) is 7.50. The summed E-state index contributed by atoms with van der Waals surface area (Å²) in [4.78, 5) is 14.1. The first-order valence-corrected chi connectivity index (χ1v) is 10.2. The molecule has 0 saturated carbocycles. The van der Waals surface area contributed by atoms with E-state index in [1.165, 1.54) is 11.1 Å². The number of aryl methyl sites for hydroxylation is 1. The summed E-state index contributed by atoms with van der Waals surface area (Å²) in [5.41, 5.74) is 2.24. The Morgan fingerprint density at radius 2 is 2.08 bits per heavy atom. The summed E-state index contributed by atoms with van der Waals surface area (Å²) in [5.74, 6) is 0.317. The minimum atomic E-state index is -2.93. The van der Waals surface area contributed by atoms with Crippen LogP contribution in [-0.2, 0) is 20.0 Å². The molecule has 6 heteroatoms. The first kappa shape index (κ1) is 18.9. The third-order valence-electron chi connectivity index (χ3n) is 4.75. The molecule has 1 amide bonds. The van der Waals surface area contributed by atoms with Crippen LogP contribution in [0.4, 0.5) is 0 Å². The molecular formula is C18H28N2O3S. The van der Waals surface area contributed by atoms with Crippen molar-refractivity contribution >= 4 is 15.7 Å². The quantitative estimate of drug-likeness (QED) is 0.843. The number of carbonyl (C=O) groups is 1. The number of likely N-dealkylation sites (N-methyl/N-ethyl adjacent to an activating group) is 1. The summed E-state index contributed by atoms with van der Waals surface area (Å²) in [6.07, 6.45) is 0.612. The number of rotatable bonds is 6. The van der Waals surface area contributed by atoms with E-state index in [-0.39, 0.29) is 35.4 Å². The number of benzene rings is 1. The van der Waals surface area contributed by atoms with Gasteiger partial charge >= 0.3 is 0 Å². The van der Waals surface area contributed by atoms with Crippen molar-refractivity contribution in [2.24, 2.45) is 0 Å². The lowest BCUT2D eigenvalue weighted by Crippen LogP contribution is -2.44. The predicted octanol–water partition coefficient (Wildman–Crippen LogP) is 1.51. The van der Waals surface area contributed by atoms with Crippen LogP contribution in [0.5, 0.6) is 0 Å². The summed E-state index contributed by atoms with van der Waals surface area (Å²) < 4.78 is 23.1. The van der Waals surface area contributed by atoms with Gasteiger partial charge in [0.05, 0.1) is 18.1 Å². The summed E-state index contributed by atoms with van der Waals surface area (Å²) in [5, 5.41) is 2.99. The molecule has 2 rings (SSSR count). The van der Waals surface area contributed by atoms with Gasteiger partial charge in [-0.15, -0.1) is 0 Å². The fourth-order valence-corrected chi connectivity index (χ4v) is 4.83. The number of hydrogen-bond donors (Lipinski definition) is 1. The van der Waals surface area contributed by atoms with Crippen molar-refractivity contribution in [3.63, 3.8) is 0 Å². The van der Waals surface area contributed by atoms with Gasteiger partial charge in [0.15, 0.2) is 9.84 Å². The summed E-state index contributed by atoms with van der Waals surface area (Å²) in [7, 11) is -1.11. The molecule has 1 N–H and O–H groups in total. The second kappa shape index (κ2) is 7.23. The van der Waals surface area contributed by atoms with Crippen molar-refractivity contribution in [2.75, 3.05) is 31.6 Å². The van der Waals surface area contributed by atoms with Gasteiger partial charge in [0.2, 0.25) is 5.91 Å². The first-order chi connectivity index (χ1) is 11.1. The van der Waals surface area contributed by atoms with Gasteiger partial charge in [-0.2, -0.15) is 0 Å². The fraction of sp³-hybridized carbons (Fsp3) is 0.611. The van der Waals surface area contributed by atoms with Crippen LogP contribution in [0.25, 0.3) is 0 Å². The molecule has 0 aromatic heterocycles. The van der Waals surface area contributed by atoms with Gasteiger partial charge in [-0.25, -0.2) is 8.42 Å². The molecule has 5 nitrogen and oxygen atoms in total. The maximum absolute atomic E-state index is 12.2. The van der Waals surface area contributed by atoms with E-state index in [2.05, 4.69) is 44.3 Å². The topological polar surface area (TPSA) is 66.5 Å². The van der Waals surface area contributed by atoms with E-state index in [9.17, 15) is 13.2 Å². The van der Waals surface area contributed by atoms with E-state index in [0.29, 0.717) is 13.0 Å². The highest BCUT2D eigenvalue weighted by Gasteiger charge is 2.31. The van der Waals surface area contributed by atoms with E-state index >= 15 is 0 Å². The van der Waals surface area contributed by atoms with Crippen molar-refractivity contribution in [3.8, 4) is 0 Å². The maximum Gasteiger partial charge on any atom is 0.234 e. The van der Waals surface area contributed by atoms with E-state index in [1.807, 2.05) is 18.0 Å². The molecule has 1 heterocycles. The fourth-order valence-electron chi connectivity index (χ4n) is 3.02. The van der Waals surface area contributed by atoms with Crippen LogP contribution in [0.3, 0.4) is 0 Å². The van der Waals surface area contributed by atoms with Crippen LogP contribution >= 0.6 is 0 Å². The molecule has 1 aliphatic rings. The zero-order valence-corrected chi connectivity index (χ0v) is 15.8. The molecule has 1 aliphatic heterocycles. The average molecular weight is 353 g/mol. The number of carbonyl (C=O) groups excluding carboxylic acids is 1. The van der Waals surface area contributed by atoms with Crippen molar-refractivity contribution < 1.29 is 13.2 Å². The van der Waals surface area contributed by atoms with Crippen LogP contribution in [-0.4, -0.2) is 56.9 Å². The molecule has 0 bridgehead atoms. The molecule has 1 fully saturated rings. The molecule has 134 valence electrons. The Kier molecular flexibility index (Phi) is 5.71. The Bertz CT molecular complexity index is 698. The molecule has 24 heavy (non-hydrogen) atoms. The normalized spacial score (nSPS) is 20.3. The SMILES string of the molecule is Cc1cccc(C(C)(C)CNC(=O)CN(C)[C@@H]2CCS(=O)(=O)C2)c1. The van der Waals surface area contributed by atoms with Crippen LogP contribution in [0, 0.1) is 6.92 Å². The number of nitrogens with one attached hydrogen (secondary N) is 1. The highest BCUT2D eigenvalue weighted by atomic mass is 32.2. The monoisotopic (exact) mass is 352 g/mol. The lowest BCUT2D eigenvalue weighted by molar-refractivity contribution is -0.122. The molecule has 1 aromatic rings. The smallest absolute Gasteiger partial charge is 0.234 e. The Morgan fingerprint density at radius 3 is 2.67 bits per heavy atom. The number of sulfone groups is 1. The average Bonchev–Trinajstić information content (AvgIpc) is 2.86. The minimum Gasteiger partial charge on any atom is -0.354 e. The Balaban J connectivity index is 1.86. The Morgan fingerprint density at radius 1 is 1.38 bits per heavy atom. The summed E-state index contributed by atoms with van der Waals surface area (Å²) in [6, 6.07) is 8.26. The van der Waals surface area contributed by atoms with Gasteiger partial charge in [-0.1, -0.05) is 43.7 Å². The van der Waals surface area contributed by atoms with Crippen LogP contribution in [0.1, 0.15) is 31.4 Å². The van der Waals surface area contributed by atoms with Gasteiger partial charge < -0.3 is 5.32 Å². The van der Waals surface area contributed by atoms with E-state index < -0.39 is 9.84 Å². The summed E-state index contributed by atoms with van der Waals surface area (Å²) in [6.45, 7) is 7.05. The lowest BCUT2D eigenvalue weighted by Gasteiger charge is -2.27.